The molecular weight excluding hydrogens is 242 g/mol. The van der Waals surface area contributed by atoms with Crippen molar-refractivity contribution >= 4 is 5.78 Å². The minimum absolute atomic E-state index is 0.0782. The number of nitrogens with zero attached hydrogens (tertiary/aromatic N) is 2. The summed E-state index contributed by atoms with van der Waals surface area (Å²) >= 11 is 0. The van der Waals surface area contributed by atoms with Crippen molar-refractivity contribution in [1.82, 2.24) is 9.78 Å². The number of hydrogen-bond donors (Lipinski definition) is 1. The summed E-state index contributed by atoms with van der Waals surface area (Å²) in [6, 6.07) is 9.50. The molecule has 19 heavy (non-hydrogen) atoms. The Hall–Kier alpha value is -2.14. The van der Waals surface area contributed by atoms with E-state index in [1.807, 2.05) is 30.3 Å². The van der Waals surface area contributed by atoms with Crippen LogP contribution in [0.2, 0.25) is 0 Å². The van der Waals surface area contributed by atoms with Gasteiger partial charge in [-0.2, -0.15) is 5.10 Å². The molecule has 1 heterocycles. The highest BCUT2D eigenvalue weighted by atomic mass is 16.5. The van der Waals surface area contributed by atoms with Gasteiger partial charge in [-0.15, -0.1) is 0 Å². The zero-order valence-electron chi connectivity index (χ0n) is 11.0. The zero-order valence-corrected chi connectivity index (χ0v) is 11.0. The summed E-state index contributed by atoms with van der Waals surface area (Å²) < 4.78 is 6.69. The third kappa shape index (κ3) is 2.51. The lowest BCUT2D eigenvalue weighted by Crippen LogP contribution is -2.24. The molecule has 1 unspecified atom stereocenters. The Bertz CT molecular complexity index is 563. The van der Waals surface area contributed by atoms with E-state index in [2.05, 4.69) is 5.10 Å². The van der Waals surface area contributed by atoms with Crippen molar-refractivity contribution in [1.29, 1.82) is 0 Å². The fraction of sp³-hybridized carbons (Fsp3) is 0.286. The van der Waals surface area contributed by atoms with Gasteiger partial charge in [-0.1, -0.05) is 30.3 Å². The van der Waals surface area contributed by atoms with E-state index in [-0.39, 0.29) is 18.2 Å². The predicted octanol–water partition coefficient (Wildman–Crippen LogP) is 1.35. The van der Waals surface area contributed by atoms with Gasteiger partial charge in [-0.05, 0) is 5.56 Å². The second-order valence-electron chi connectivity index (χ2n) is 4.25. The Kier molecular flexibility index (Phi) is 3.97. The summed E-state index contributed by atoms with van der Waals surface area (Å²) in [4.78, 5) is 12.6. The summed E-state index contributed by atoms with van der Waals surface area (Å²) in [7, 11) is 3.24. The highest BCUT2D eigenvalue weighted by Gasteiger charge is 2.26. The number of aromatic nitrogens is 2. The third-order valence-electron chi connectivity index (χ3n) is 3.11. The van der Waals surface area contributed by atoms with Gasteiger partial charge in [0.2, 0.25) is 0 Å². The molecule has 0 saturated carbocycles. The Balaban J connectivity index is 2.39. The molecule has 2 rings (SSSR count). The van der Waals surface area contributed by atoms with Crippen LogP contribution >= 0.6 is 0 Å². The van der Waals surface area contributed by atoms with Crippen LogP contribution in [0.1, 0.15) is 22.0 Å². The molecule has 0 aliphatic rings. The number of carbonyl (C=O) groups is 1. The van der Waals surface area contributed by atoms with E-state index in [1.54, 1.807) is 7.05 Å². The normalized spacial score (nSPS) is 12.2. The monoisotopic (exact) mass is 259 g/mol. The molecule has 0 saturated heterocycles. The summed E-state index contributed by atoms with van der Waals surface area (Å²) in [5, 5.41) is 4.05. The molecule has 1 aromatic heterocycles. The molecule has 0 aliphatic carbocycles. The van der Waals surface area contributed by atoms with Crippen molar-refractivity contribution in [3.8, 4) is 5.75 Å². The van der Waals surface area contributed by atoms with Gasteiger partial charge in [0.25, 0.3) is 0 Å². The number of carbonyl (C=O) groups excluding carboxylic acids is 1. The zero-order chi connectivity index (χ0) is 13.8. The van der Waals surface area contributed by atoms with Gasteiger partial charge in [-0.25, -0.2) is 0 Å². The average molecular weight is 259 g/mol. The molecule has 2 aromatic rings. The molecule has 0 bridgehead atoms. The predicted molar refractivity (Wildman–Crippen MR) is 72.3 cm³/mol. The molecule has 5 nitrogen and oxygen atoms in total. The van der Waals surface area contributed by atoms with Crippen LogP contribution in [0.25, 0.3) is 0 Å². The van der Waals surface area contributed by atoms with E-state index >= 15 is 0 Å². The van der Waals surface area contributed by atoms with Crippen molar-refractivity contribution < 1.29 is 9.53 Å². The van der Waals surface area contributed by atoms with Gasteiger partial charge in [0.05, 0.1) is 19.2 Å². The molecule has 5 heteroatoms. The van der Waals surface area contributed by atoms with Gasteiger partial charge in [-0.3, -0.25) is 9.48 Å². The first-order valence-corrected chi connectivity index (χ1v) is 6.04. The number of methoxy groups -OCH3 is 1. The van der Waals surface area contributed by atoms with Crippen molar-refractivity contribution in [3.05, 3.63) is 47.8 Å². The molecule has 1 atom stereocenters. The Labute approximate surface area is 112 Å². The van der Waals surface area contributed by atoms with E-state index in [0.717, 1.165) is 5.56 Å². The van der Waals surface area contributed by atoms with Gasteiger partial charge in [0.15, 0.2) is 11.5 Å². The highest BCUT2D eigenvalue weighted by molar-refractivity contribution is 6.01. The molecule has 1 aromatic carbocycles. The van der Waals surface area contributed by atoms with Crippen LogP contribution in [-0.2, 0) is 7.05 Å². The van der Waals surface area contributed by atoms with Gasteiger partial charge in [0, 0.05) is 13.6 Å². The van der Waals surface area contributed by atoms with E-state index in [0.29, 0.717) is 11.4 Å². The van der Waals surface area contributed by atoms with E-state index in [1.165, 1.54) is 18.0 Å². The molecule has 0 radical (unpaired) electrons. The largest absolute Gasteiger partial charge is 0.493 e. The fourth-order valence-corrected chi connectivity index (χ4v) is 2.09. The second kappa shape index (κ2) is 5.67. The topological polar surface area (TPSA) is 70.1 Å². The van der Waals surface area contributed by atoms with Crippen LogP contribution in [0.15, 0.2) is 36.5 Å². The maximum Gasteiger partial charge on any atom is 0.193 e. The fourth-order valence-electron chi connectivity index (χ4n) is 2.09. The maximum absolute atomic E-state index is 12.6. The number of Topliss-reactive ketones (excluding diaryl/α,β-unsaturated/α-hetero) is 1. The number of nitrogens with two attached hydrogens (primary N) is 1. The quantitative estimate of drug-likeness (QED) is 0.823. The van der Waals surface area contributed by atoms with Crippen molar-refractivity contribution in [3.63, 3.8) is 0 Å². The summed E-state index contributed by atoms with van der Waals surface area (Å²) in [6.45, 7) is 0.247. The number of benzene rings is 1. The number of rotatable bonds is 5. The van der Waals surface area contributed by atoms with Gasteiger partial charge < -0.3 is 10.5 Å². The summed E-state index contributed by atoms with van der Waals surface area (Å²) in [6.07, 6.45) is 1.53. The Morgan fingerprint density at radius 2 is 2.11 bits per heavy atom. The first-order chi connectivity index (χ1) is 9.19. The van der Waals surface area contributed by atoms with Gasteiger partial charge in [0.1, 0.15) is 5.69 Å². The van der Waals surface area contributed by atoms with Crippen molar-refractivity contribution in [2.24, 2.45) is 12.8 Å². The molecule has 2 N–H and O–H groups in total. The van der Waals surface area contributed by atoms with Crippen LogP contribution in [-0.4, -0.2) is 29.2 Å². The van der Waals surface area contributed by atoms with Crippen molar-refractivity contribution in [2.45, 2.75) is 5.92 Å². The van der Waals surface area contributed by atoms with E-state index < -0.39 is 0 Å². The lowest BCUT2D eigenvalue weighted by atomic mass is 9.93. The molecular formula is C14H17N3O2. The first-order valence-electron chi connectivity index (χ1n) is 6.04. The molecule has 0 amide bonds. The number of ketones is 1. The van der Waals surface area contributed by atoms with Crippen LogP contribution in [0.4, 0.5) is 0 Å². The summed E-state index contributed by atoms with van der Waals surface area (Å²) in [5.74, 6) is 0.0120. The Morgan fingerprint density at radius 1 is 1.42 bits per heavy atom. The molecule has 100 valence electrons. The lowest BCUT2D eigenvalue weighted by molar-refractivity contribution is 0.0950. The smallest absolute Gasteiger partial charge is 0.193 e. The minimum Gasteiger partial charge on any atom is -0.493 e. The number of ether oxygens (including phenoxy) is 1. The van der Waals surface area contributed by atoms with Crippen LogP contribution in [0.3, 0.4) is 0 Å². The van der Waals surface area contributed by atoms with Crippen molar-refractivity contribution in [2.75, 3.05) is 13.7 Å². The second-order valence-corrected chi connectivity index (χ2v) is 4.25. The number of aryl methyl sites for hydroxylation is 1. The summed E-state index contributed by atoms with van der Waals surface area (Å²) in [5.41, 5.74) is 7.11. The van der Waals surface area contributed by atoms with E-state index in [4.69, 9.17) is 10.5 Å². The highest BCUT2D eigenvalue weighted by Crippen LogP contribution is 2.25. The average Bonchev–Trinajstić information content (AvgIpc) is 2.81. The SMILES string of the molecule is COc1cnn(C)c1C(=O)C(CN)c1ccccc1. The van der Waals surface area contributed by atoms with E-state index in [9.17, 15) is 4.79 Å². The molecule has 0 aliphatic heterocycles. The van der Waals surface area contributed by atoms with Crippen LogP contribution in [0, 0.1) is 0 Å². The van der Waals surface area contributed by atoms with Gasteiger partial charge >= 0.3 is 0 Å². The van der Waals surface area contributed by atoms with Crippen LogP contribution < -0.4 is 10.5 Å². The third-order valence-corrected chi connectivity index (χ3v) is 3.11. The first kappa shape index (κ1) is 13.3. The van der Waals surface area contributed by atoms with Crippen LogP contribution in [0.5, 0.6) is 5.75 Å². The molecule has 0 fully saturated rings. The lowest BCUT2D eigenvalue weighted by Gasteiger charge is -2.14. The number of hydrogen-bond acceptors (Lipinski definition) is 4. The standard InChI is InChI=1S/C14H17N3O2/c1-17-13(12(19-2)9-16-17)14(18)11(8-15)10-6-4-3-5-7-10/h3-7,9,11H,8,15H2,1-2H3. The molecule has 0 spiro atoms. The minimum atomic E-state index is -0.384. The Morgan fingerprint density at radius 3 is 2.68 bits per heavy atom. The maximum atomic E-state index is 12.6.